The third kappa shape index (κ3) is 3.55. The SMILES string of the molecule is NCC(CC(F)(F)F)C1CCCC1. The van der Waals surface area contributed by atoms with Gasteiger partial charge in [-0.3, -0.25) is 0 Å². The topological polar surface area (TPSA) is 26.0 Å². The molecule has 0 saturated heterocycles. The van der Waals surface area contributed by atoms with Gasteiger partial charge in [-0.05, 0) is 18.4 Å². The third-order valence-electron chi connectivity index (χ3n) is 2.86. The van der Waals surface area contributed by atoms with Gasteiger partial charge in [0, 0.05) is 6.42 Å². The van der Waals surface area contributed by atoms with E-state index in [4.69, 9.17) is 5.73 Å². The molecule has 1 aliphatic rings. The fourth-order valence-corrected chi connectivity index (χ4v) is 2.17. The predicted molar refractivity (Wildman–Crippen MR) is 45.2 cm³/mol. The van der Waals surface area contributed by atoms with E-state index in [1.54, 1.807) is 0 Å². The molecule has 2 N–H and O–H groups in total. The second kappa shape index (κ2) is 4.31. The summed E-state index contributed by atoms with van der Waals surface area (Å²) >= 11 is 0. The highest BCUT2D eigenvalue weighted by Gasteiger charge is 2.35. The summed E-state index contributed by atoms with van der Waals surface area (Å²) in [6.07, 6.45) is -0.755. The number of rotatable bonds is 3. The van der Waals surface area contributed by atoms with Crippen molar-refractivity contribution in [3.63, 3.8) is 0 Å². The van der Waals surface area contributed by atoms with Gasteiger partial charge in [-0.15, -0.1) is 0 Å². The number of hydrogen-bond acceptors (Lipinski definition) is 1. The fraction of sp³-hybridized carbons (Fsp3) is 1.00. The highest BCUT2D eigenvalue weighted by Crippen LogP contribution is 2.36. The molecule has 1 atom stereocenters. The van der Waals surface area contributed by atoms with Crippen LogP contribution in [-0.2, 0) is 0 Å². The molecule has 0 spiro atoms. The minimum Gasteiger partial charge on any atom is -0.330 e. The Labute approximate surface area is 76.5 Å². The Morgan fingerprint density at radius 2 is 1.77 bits per heavy atom. The standard InChI is InChI=1S/C9H16F3N/c10-9(11,12)5-8(6-13)7-3-1-2-4-7/h7-8H,1-6,13H2. The van der Waals surface area contributed by atoms with Crippen LogP contribution in [0.4, 0.5) is 13.2 Å². The second-order valence-electron chi connectivity index (χ2n) is 3.86. The number of nitrogens with two attached hydrogens (primary N) is 1. The Balaban J connectivity index is 2.42. The van der Waals surface area contributed by atoms with Crippen molar-refractivity contribution in [2.45, 2.75) is 38.3 Å². The maximum atomic E-state index is 12.1. The Morgan fingerprint density at radius 1 is 1.23 bits per heavy atom. The maximum absolute atomic E-state index is 12.1. The maximum Gasteiger partial charge on any atom is 0.389 e. The van der Waals surface area contributed by atoms with Gasteiger partial charge in [-0.2, -0.15) is 13.2 Å². The van der Waals surface area contributed by atoms with Crippen molar-refractivity contribution in [3.05, 3.63) is 0 Å². The van der Waals surface area contributed by atoms with Crippen LogP contribution in [0.3, 0.4) is 0 Å². The summed E-state index contributed by atoms with van der Waals surface area (Å²) in [6, 6.07) is 0. The van der Waals surface area contributed by atoms with Crippen LogP contribution in [-0.4, -0.2) is 12.7 Å². The van der Waals surface area contributed by atoms with Crippen molar-refractivity contribution in [3.8, 4) is 0 Å². The summed E-state index contributed by atoms with van der Waals surface area (Å²) in [5, 5.41) is 0. The van der Waals surface area contributed by atoms with Crippen LogP contribution in [0.5, 0.6) is 0 Å². The van der Waals surface area contributed by atoms with E-state index in [1.165, 1.54) is 0 Å². The molecule has 1 nitrogen and oxygen atoms in total. The minimum absolute atomic E-state index is 0.171. The molecule has 0 bridgehead atoms. The molecule has 0 aromatic carbocycles. The number of alkyl halides is 3. The average molecular weight is 195 g/mol. The molecular formula is C9H16F3N. The molecule has 1 unspecified atom stereocenters. The van der Waals surface area contributed by atoms with Crippen molar-refractivity contribution in [2.24, 2.45) is 17.6 Å². The van der Waals surface area contributed by atoms with Gasteiger partial charge < -0.3 is 5.73 Å². The summed E-state index contributed by atoms with van der Waals surface area (Å²) < 4.78 is 36.3. The quantitative estimate of drug-likeness (QED) is 0.736. The summed E-state index contributed by atoms with van der Waals surface area (Å²) in [5.74, 6) is -0.130. The molecule has 0 radical (unpaired) electrons. The van der Waals surface area contributed by atoms with E-state index >= 15 is 0 Å². The molecule has 0 aromatic rings. The van der Waals surface area contributed by atoms with Gasteiger partial charge in [0.25, 0.3) is 0 Å². The molecule has 13 heavy (non-hydrogen) atoms. The highest BCUT2D eigenvalue weighted by atomic mass is 19.4. The van der Waals surface area contributed by atoms with Crippen molar-refractivity contribution in [1.29, 1.82) is 0 Å². The molecule has 1 fully saturated rings. The third-order valence-corrected chi connectivity index (χ3v) is 2.86. The molecule has 1 aliphatic carbocycles. The van der Waals surface area contributed by atoms with Crippen molar-refractivity contribution >= 4 is 0 Å². The Hall–Kier alpha value is -0.250. The van der Waals surface area contributed by atoms with E-state index < -0.39 is 12.6 Å². The van der Waals surface area contributed by atoms with Gasteiger partial charge in [0.15, 0.2) is 0 Å². The smallest absolute Gasteiger partial charge is 0.330 e. The summed E-state index contributed by atoms with van der Waals surface area (Å²) in [7, 11) is 0. The first-order valence-corrected chi connectivity index (χ1v) is 4.80. The van der Waals surface area contributed by atoms with Crippen LogP contribution >= 0.6 is 0 Å². The normalized spacial score (nSPS) is 22.2. The first kappa shape index (κ1) is 10.8. The van der Waals surface area contributed by atoms with Gasteiger partial charge in [-0.25, -0.2) is 0 Å². The first-order valence-electron chi connectivity index (χ1n) is 4.80. The molecule has 0 aliphatic heterocycles. The zero-order valence-corrected chi connectivity index (χ0v) is 7.61. The minimum atomic E-state index is -4.05. The van der Waals surface area contributed by atoms with Gasteiger partial charge in [0.2, 0.25) is 0 Å². The van der Waals surface area contributed by atoms with Crippen molar-refractivity contribution in [2.75, 3.05) is 6.54 Å². The van der Waals surface area contributed by atoms with Crippen LogP contribution < -0.4 is 5.73 Å². The summed E-state index contributed by atoms with van der Waals surface area (Å²) in [6.45, 7) is 0.171. The lowest BCUT2D eigenvalue weighted by molar-refractivity contribution is -0.147. The van der Waals surface area contributed by atoms with Crippen molar-refractivity contribution < 1.29 is 13.2 Å². The zero-order valence-electron chi connectivity index (χ0n) is 7.61. The lowest BCUT2D eigenvalue weighted by Gasteiger charge is -2.22. The Bertz CT molecular complexity index is 149. The molecule has 1 rings (SSSR count). The summed E-state index contributed by atoms with van der Waals surface area (Å²) in [4.78, 5) is 0. The van der Waals surface area contributed by atoms with Crippen molar-refractivity contribution in [1.82, 2.24) is 0 Å². The monoisotopic (exact) mass is 195 g/mol. The molecule has 4 heteroatoms. The van der Waals surface area contributed by atoms with E-state index in [-0.39, 0.29) is 18.4 Å². The molecule has 0 amide bonds. The largest absolute Gasteiger partial charge is 0.389 e. The van der Waals surface area contributed by atoms with Crippen LogP contribution in [0.25, 0.3) is 0 Å². The van der Waals surface area contributed by atoms with Gasteiger partial charge in [0.05, 0.1) is 0 Å². The summed E-state index contributed by atoms with van der Waals surface area (Å²) in [5.41, 5.74) is 5.36. The highest BCUT2D eigenvalue weighted by molar-refractivity contribution is 4.77. The Kier molecular flexibility index (Phi) is 3.59. The second-order valence-corrected chi connectivity index (χ2v) is 3.86. The molecule has 0 aromatic heterocycles. The molecular weight excluding hydrogens is 179 g/mol. The first-order chi connectivity index (χ1) is 6.03. The fourth-order valence-electron chi connectivity index (χ4n) is 2.17. The van der Waals surface area contributed by atoms with Gasteiger partial charge in [-0.1, -0.05) is 25.7 Å². The lowest BCUT2D eigenvalue weighted by Crippen LogP contribution is -2.27. The van der Waals surface area contributed by atoms with E-state index in [0.29, 0.717) is 0 Å². The average Bonchev–Trinajstić information content (AvgIpc) is 2.50. The lowest BCUT2D eigenvalue weighted by atomic mass is 9.88. The van der Waals surface area contributed by atoms with Crippen LogP contribution in [0, 0.1) is 11.8 Å². The number of hydrogen-bond donors (Lipinski definition) is 1. The molecule has 0 heterocycles. The van der Waals surface area contributed by atoms with E-state index in [1.807, 2.05) is 0 Å². The van der Waals surface area contributed by atoms with Gasteiger partial charge in [0.1, 0.15) is 0 Å². The number of halogens is 3. The molecule has 1 saturated carbocycles. The van der Waals surface area contributed by atoms with Crippen LogP contribution in [0.1, 0.15) is 32.1 Å². The zero-order chi connectivity index (χ0) is 9.90. The van der Waals surface area contributed by atoms with E-state index in [0.717, 1.165) is 25.7 Å². The van der Waals surface area contributed by atoms with Crippen LogP contribution in [0.15, 0.2) is 0 Å². The molecule has 78 valence electrons. The predicted octanol–water partition coefficient (Wildman–Crippen LogP) is 2.70. The Morgan fingerprint density at radius 3 is 2.15 bits per heavy atom. The van der Waals surface area contributed by atoms with Gasteiger partial charge >= 0.3 is 6.18 Å². The van der Waals surface area contributed by atoms with Crippen LogP contribution in [0.2, 0.25) is 0 Å². The van der Waals surface area contributed by atoms with E-state index in [2.05, 4.69) is 0 Å². The van der Waals surface area contributed by atoms with E-state index in [9.17, 15) is 13.2 Å².